The third-order valence-electron chi connectivity index (χ3n) is 4.66. The smallest absolute Gasteiger partial charge is 0.395 e. The van der Waals surface area contributed by atoms with Crippen LogP contribution in [0, 0.1) is 17.0 Å². The van der Waals surface area contributed by atoms with Crippen LogP contribution < -0.4 is 10.9 Å². The first-order valence-electron chi connectivity index (χ1n) is 9.41. The number of nitro groups is 1. The molecule has 0 unspecified atom stereocenters. The van der Waals surface area contributed by atoms with Gasteiger partial charge in [-0.05, 0) is 18.6 Å². The first kappa shape index (κ1) is 20.0. The van der Waals surface area contributed by atoms with Crippen LogP contribution in [0.4, 0.5) is 5.88 Å². The van der Waals surface area contributed by atoms with Gasteiger partial charge in [-0.1, -0.05) is 29.8 Å². The maximum atomic E-state index is 12.8. The average Bonchev–Trinajstić information content (AvgIpc) is 3.38. The molecule has 0 saturated carbocycles. The Balaban J connectivity index is 1.44. The van der Waals surface area contributed by atoms with Crippen LogP contribution in [0.15, 0.2) is 58.1 Å². The lowest BCUT2D eigenvalue weighted by Crippen LogP contribution is -2.27. The number of benzene rings is 1. The fraction of sp³-hybridized carbons (Fsp3) is 0.200. The lowest BCUT2D eigenvalue weighted by molar-refractivity contribution is -0.402. The van der Waals surface area contributed by atoms with Gasteiger partial charge in [0.05, 0.1) is 25.4 Å². The zero-order chi connectivity index (χ0) is 22.0. The summed E-state index contributed by atoms with van der Waals surface area (Å²) in [6.07, 6.45) is 2.93. The van der Waals surface area contributed by atoms with Crippen LogP contribution in [0.25, 0.3) is 11.0 Å². The number of furan rings is 1. The third-order valence-corrected chi connectivity index (χ3v) is 4.66. The summed E-state index contributed by atoms with van der Waals surface area (Å²) < 4.78 is 7.89. The molecular formula is C20H18N6O5. The van der Waals surface area contributed by atoms with Crippen LogP contribution in [0.2, 0.25) is 0 Å². The van der Waals surface area contributed by atoms with Gasteiger partial charge < -0.3 is 9.73 Å². The van der Waals surface area contributed by atoms with Gasteiger partial charge in [-0.3, -0.25) is 24.3 Å². The molecule has 3 heterocycles. The van der Waals surface area contributed by atoms with Gasteiger partial charge in [0.2, 0.25) is 0 Å². The lowest BCUT2D eigenvalue weighted by atomic mass is 10.1. The van der Waals surface area contributed by atoms with Crippen molar-refractivity contribution in [1.82, 2.24) is 24.6 Å². The summed E-state index contributed by atoms with van der Waals surface area (Å²) in [5.74, 6) is -1.25. The molecule has 11 nitrogen and oxygen atoms in total. The minimum atomic E-state index is -0.718. The van der Waals surface area contributed by atoms with Gasteiger partial charge in [0, 0.05) is 6.54 Å². The second-order valence-electron chi connectivity index (χ2n) is 6.92. The molecule has 4 rings (SSSR count). The van der Waals surface area contributed by atoms with Crippen LogP contribution in [-0.2, 0) is 13.1 Å². The molecule has 1 aromatic carbocycles. The summed E-state index contributed by atoms with van der Waals surface area (Å²) in [6.45, 7) is 2.81. The monoisotopic (exact) mass is 422 g/mol. The van der Waals surface area contributed by atoms with Crippen LogP contribution >= 0.6 is 0 Å². The van der Waals surface area contributed by atoms with Crippen LogP contribution in [0.1, 0.15) is 21.7 Å². The van der Waals surface area contributed by atoms with Gasteiger partial charge in [0.15, 0.2) is 11.4 Å². The van der Waals surface area contributed by atoms with Crippen molar-refractivity contribution in [1.29, 1.82) is 0 Å². The predicted molar refractivity (Wildman–Crippen MR) is 110 cm³/mol. The number of nitrogens with zero attached hydrogens (tertiary/aromatic N) is 5. The van der Waals surface area contributed by atoms with E-state index >= 15 is 0 Å². The van der Waals surface area contributed by atoms with Crippen molar-refractivity contribution in [3.63, 3.8) is 0 Å². The molecule has 0 aliphatic heterocycles. The van der Waals surface area contributed by atoms with E-state index in [0.717, 1.165) is 17.2 Å². The molecule has 0 aliphatic rings. The topological polar surface area (TPSA) is 138 Å². The second-order valence-corrected chi connectivity index (χ2v) is 6.92. The Kier molecular flexibility index (Phi) is 5.31. The number of amides is 1. The van der Waals surface area contributed by atoms with Crippen molar-refractivity contribution in [3.8, 4) is 0 Å². The molecule has 0 aliphatic carbocycles. The van der Waals surface area contributed by atoms with Crippen LogP contribution in [0.3, 0.4) is 0 Å². The Morgan fingerprint density at radius 1 is 1.29 bits per heavy atom. The quantitative estimate of drug-likeness (QED) is 0.354. The molecule has 0 saturated heterocycles. The molecule has 0 spiro atoms. The number of fused-ring (bicyclic) bond motifs is 1. The molecule has 0 radical (unpaired) electrons. The summed E-state index contributed by atoms with van der Waals surface area (Å²) in [7, 11) is 0. The highest BCUT2D eigenvalue weighted by molar-refractivity contribution is 5.91. The zero-order valence-electron chi connectivity index (χ0n) is 16.5. The Morgan fingerprint density at radius 3 is 2.87 bits per heavy atom. The molecule has 0 fully saturated rings. The van der Waals surface area contributed by atoms with Gasteiger partial charge in [-0.2, -0.15) is 5.10 Å². The predicted octanol–water partition coefficient (Wildman–Crippen LogP) is 1.88. The largest absolute Gasteiger partial charge is 0.433 e. The van der Waals surface area contributed by atoms with E-state index in [0.29, 0.717) is 17.6 Å². The zero-order valence-corrected chi connectivity index (χ0v) is 16.5. The summed E-state index contributed by atoms with van der Waals surface area (Å²) >= 11 is 0. The number of aromatic nitrogens is 4. The Hall–Kier alpha value is -4.28. The SMILES string of the molecule is Cc1cccc(Cn2cnc3c(cnn3CCNC(=O)c3ccc([N+](=O)[O-])o3)c2=O)c1. The molecule has 31 heavy (non-hydrogen) atoms. The van der Waals surface area contributed by atoms with E-state index in [9.17, 15) is 19.7 Å². The van der Waals surface area contributed by atoms with E-state index in [1.54, 1.807) is 0 Å². The van der Waals surface area contributed by atoms with Crippen molar-refractivity contribution in [2.45, 2.75) is 20.0 Å². The molecule has 0 atom stereocenters. The number of aryl methyl sites for hydroxylation is 1. The van der Waals surface area contributed by atoms with E-state index in [-0.39, 0.29) is 24.4 Å². The number of rotatable bonds is 7. The van der Waals surface area contributed by atoms with Gasteiger partial charge >= 0.3 is 5.88 Å². The fourth-order valence-electron chi connectivity index (χ4n) is 3.19. The Labute approximate surface area is 175 Å². The number of carbonyl (C=O) groups is 1. The van der Waals surface area contributed by atoms with Crippen molar-refractivity contribution < 1.29 is 14.1 Å². The van der Waals surface area contributed by atoms with Crippen LogP contribution in [-0.4, -0.2) is 36.7 Å². The highest BCUT2D eigenvalue weighted by Gasteiger charge is 2.17. The molecule has 158 valence electrons. The first-order valence-corrected chi connectivity index (χ1v) is 9.41. The summed E-state index contributed by atoms with van der Waals surface area (Å²) in [4.78, 5) is 39.1. The van der Waals surface area contributed by atoms with Crippen molar-refractivity contribution in [2.75, 3.05) is 6.54 Å². The van der Waals surface area contributed by atoms with Gasteiger partial charge in [0.1, 0.15) is 16.6 Å². The average molecular weight is 422 g/mol. The van der Waals surface area contributed by atoms with E-state index in [4.69, 9.17) is 4.42 Å². The van der Waals surface area contributed by atoms with Gasteiger partial charge in [-0.15, -0.1) is 0 Å². The second kappa shape index (κ2) is 8.22. The molecule has 1 N–H and O–H groups in total. The Morgan fingerprint density at radius 2 is 2.13 bits per heavy atom. The number of nitrogens with one attached hydrogen (secondary N) is 1. The van der Waals surface area contributed by atoms with Crippen molar-refractivity contribution in [3.05, 3.63) is 86.3 Å². The number of hydrogen-bond donors (Lipinski definition) is 1. The van der Waals surface area contributed by atoms with Crippen LogP contribution in [0.5, 0.6) is 0 Å². The van der Waals surface area contributed by atoms with Gasteiger partial charge in [-0.25, -0.2) is 9.67 Å². The van der Waals surface area contributed by atoms with Crippen molar-refractivity contribution >= 4 is 22.8 Å². The van der Waals surface area contributed by atoms with E-state index in [2.05, 4.69) is 15.4 Å². The minimum Gasteiger partial charge on any atom is -0.395 e. The summed E-state index contributed by atoms with van der Waals surface area (Å²) in [6, 6.07) is 10.2. The molecule has 4 aromatic rings. The standard InChI is InChI=1S/C20H18N6O5/c1-13-3-2-4-14(9-13)11-24-12-22-18-15(20(24)28)10-23-25(18)8-7-21-19(27)16-5-6-17(31-16)26(29)30/h2-6,9-10,12H,7-8,11H2,1H3,(H,21,27). The minimum absolute atomic E-state index is 0.158. The van der Waals surface area contributed by atoms with E-state index in [1.165, 1.54) is 27.8 Å². The lowest BCUT2D eigenvalue weighted by Gasteiger charge is -2.07. The number of hydrogen-bond acceptors (Lipinski definition) is 7. The molecule has 1 amide bonds. The Bertz CT molecular complexity index is 1340. The normalized spacial score (nSPS) is 11.0. The van der Waals surface area contributed by atoms with E-state index < -0.39 is 16.7 Å². The number of carbonyl (C=O) groups excluding carboxylic acids is 1. The van der Waals surface area contributed by atoms with Crippen molar-refractivity contribution in [2.24, 2.45) is 0 Å². The highest BCUT2D eigenvalue weighted by atomic mass is 16.6. The maximum Gasteiger partial charge on any atom is 0.433 e. The molecule has 11 heteroatoms. The van der Waals surface area contributed by atoms with E-state index in [1.807, 2.05) is 31.2 Å². The highest BCUT2D eigenvalue weighted by Crippen LogP contribution is 2.15. The third kappa shape index (κ3) is 4.20. The summed E-state index contributed by atoms with van der Waals surface area (Å²) in [5, 5.41) is 17.8. The van der Waals surface area contributed by atoms with Gasteiger partial charge in [0.25, 0.3) is 11.5 Å². The fourth-order valence-corrected chi connectivity index (χ4v) is 3.19. The summed E-state index contributed by atoms with van der Waals surface area (Å²) in [5.41, 5.74) is 2.31. The molecular weight excluding hydrogens is 404 g/mol. The molecule has 3 aromatic heterocycles. The maximum absolute atomic E-state index is 12.8. The molecule has 0 bridgehead atoms. The first-order chi connectivity index (χ1) is 14.9.